The molecular weight excluding hydrogens is 340 g/mol. The maximum Gasteiger partial charge on any atom is 0.217 e. The van der Waals surface area contributed by atoms with Gasteiger partial charge >= 0.3 is 0 Å². The van der Waals surface area contributed by atoms with Crippen molar-refractivity contribution in [1.82, 2.24) is 0 Å². The molecule has 5 atom stereocenters. The number of nitrogens with zero attached hydrogens (tertiary/aromatic N) is 3. The van der Waals surface area contributed by atoms with Crippen molar-refractivity contribution in [3.05, 3.63) is 48.6 Å². The molecule has 5 unspecified atom stereocenters. The molecule has 1 N–H and O–H groups in total. The average Bonchev–Trinajstić information content (AvgIpc) is 2.92. The Morgan fingerprint density at radius 1 is 1.15 bits per heavy atom. The van der Waals surface area contributed by atoms with Crippen LogP contribution in [-0.4, -0.2) is 17.8 Å². The molecule has 0 amide bonds. The highest BCUT2D eigenvalue weighted by Crippen LogP contribution is 2.67. The van der Waals surface area contributed by atoms with Crippen LogP contribution in [0.2, 0.25) is 0 Å². The van der Waals surface area contributed by atoms with Gasteiger partial charge in [0.25, 0.3) is 0 Å². The van der Waals surface area contributed by atoms with E-state index in [1.807, 2.05) is 42.5 Å². The van der Waals surface area contributed by atoms with Crippen LogP contribution < -0.4 is 0 Å². The van der Waals surface area contributed by atoms with Crippen molar-refractivity contribution in [1.29, 1.82) is 21.2 Å². The maximum atomic E-state index is 10.2. The molecule has 1 aromatic rings. The molecule has 1 aliphatic carbocycles. The van der Waals surface area contributed by atoms with E-state index in [2.05, 4.69) is 12.6 Å². The Hall–Kier alpha value is -3.14. The summed E-state index contributed by atoms with van der Waals surface area (Å²) >= 11 is 0. The molecule has 0 spiro atoms. The molecule has 6 heteroatoms. The van der Waals surface area contributed by atoms with Gasteiger partial charge in [-0.05, 0) is 24.3 Å². The third-order valence-electron chi connectivity index (χ3n) is 6.44. The Kier molecular flexibility index (Phi) is 3.63. The first-order valence-electron chi connectivity index (χ1n) is 8.90. The lowest BCUT2D eigenvalue weighted by Crippen LogP contribution is -2.63. The van der Waals surface area contributed by atoms with E-state index >= 15 is 0 Å². The third kappa shape index (κ3) is 1.87. The Bertz CT molecular complexity index is 924. The second kappa shape index (κ2) is 5.68. The molecule has 3 fully saturated rings. The Labute approximate surface area is 157 Å². The van der Waals surface area contributed by atoms with Crippen LogP contribution in [0.1, 0.15) is 30.7 Å². The van der Waals surface area contributed by atoms with Crippen molar-refractivity contribution in [2.75, 3.05) is 0 Å². The van der Waals surface area contributed by atoms with E-state index in [0.29, 0.717) is 12.8 Å². The van der Waals surface area contributed by atoms with E-state index in [9.17, 15) is 15.8 Å². The summed E-state index contributed by atoms with van der Waals surface area (Å²) in [4.78, 5) is 0. The third-order valence-corrected chi connectivity index (χ3v) is 6.44. The molecule has 6 nitrogen and oxygen atoms in total. The molecule has 2 heterocycles. The Morgan fingerprint density at radius 2 is 1.85 bits per heavy atom. The molecular formula is C21H18N4O2. The van der Waals surface area contributed by atoms with Gasteiger partial charge in [-0.1, -0.05) is 36.4 Å². The minimum absolute atomic E-state index is 0.144. The minimum Gasteiger partial charge on any atom is -0.447 e. The fourth-order valence-electron chi connectivity index (χ4n) is 5.12. The lowest BCUT2D eigenvalue weighted by atomic mass is 9.51. The quantitative estimate of drug-likeness (QED) is 0.814. The molecule has 2 aliphatic heterocycles. The average molecular weight is 358 g/mol. The second-order valence-electron chi connectivity index (χ2n) is 7.40. The van der Waals surface area contributed by atoms with Gasteiger partial charge in [0.05, 0.1) is 24.1 Å². The van der Waals surface area contributed by atoms with Crippen molar-refractivity contribution in [2.24, 2.45) is 16.7 Å². The van der Waals surface area contributed by atoms with Crippen molar-refractivity contribution in [3.63, 3.8) is 0 Å². The standard InChI is InChI=1S/C21H18N4O2/c1-2-17-19(11-22,12-23)20(13-24)16-10-15(14-6-4-3-5-7-14)8-9-21(16,26-17)27-18(20)25/h2-7,15-17,25H,1,8-10H2. The van der Waals surface area contributed by atoms with Gasteiger partial charge in [-0.25, -0.2) is 0 Å². The summed E-state index contributed by atoms with van der Waals surface area (Å²) < 4.78 is 12.0. The maximum absolute atomic E-state index is 10.2. The highest BCUT2D eigenvalue weighted by Gasteiger charge is 2.80. The summed E-state index contributed by atoms with van der Waals surface area (Å²) in [6, 6.07) is 16.1. The highest BCUT2D eigenvalue weighted by molar-refractivity contribution is 5.89. The molecule has 27 heavy (non-hydrogen) atoms. The SMILES string of the molecule is C=CC1OC23CCC(c4ccccc4)CC2C(C#N)(C(=N)O3)C1(C#N)C#N. The van der Waals surface area contributed by atoms with Crippen LogP contribution >= 0.6 is 0 Å². The smallest absolute Gasteiger partial charge is 0.217 e. The van der Waals surface area contributed by atoms with Crippen LogP contribution in [0.5, 0.6) is 0 Å². The fraction of sp³-hybridized carbons (Fsp3) is 0.429. The van der Waals surface area contributed by atoms with Gasteiger partial charge in [0.1, 0.15) is 6.10 Å². The molecule has 1 aromatic carbocycles. The van der Waals surface area contributed by atoms with Gasteiger partial charge in [-0.2, -0.15) is 15.8 Å². The summed E-state index contributed by atoms with van der Waals surface area (Å²) in [6.07, 6.45) is 2.14. The number of ether oxygens (including phenoxy) is 2. The van der Waals surface area contributed by atoms with E-state index in [1.165, 1.54) is 6.08 Å². The number of hydrogen-bond donors (Lipinski definition) is 1. The summed E-state index contributed by atoms with van der Waals surface area (Å²) in [6.45, 7) is 3.70. The number of rotatable bonds is 2. The van der Waals surface area contributed by atoms with E-state index in [1.54, 1.807) is 0 Å². The largest absolute Gasteiger partial charge is 0.447 e. The number of benzene rings is 1. The minimum atomic E-state index is -1.87. The predicted molar refractivity (Wildman–Crippen MR) is 94.8 cm³/mol. The first-order valence-corrected chi connectivity index (χ1v) is 8.90. The van der Waals surface area contributed by atoms with E-state index < -0.39 is 28.6 Å². The molecule has 2 bridgehead atoms. The number of nitriles is 3. The van der Waals surface area contributed by atoms with Crippen molar-refractivity contribution >= 4 is 5.90 Å². The predicted octanol–water partition coefficient (Wildman–Crippen LogP) is 3.40. The lowest BCUT2D eigenvalue weighted by molar-refractivity contribution is -0.282. The fourth-order valence-corrected chi connectivity index (χ4v) is 5.12. The van der Waals surface area contributed by atoms with Crippen LogP contribution in [0.4, 0.5) is 0 Å². The van der Waals surface area contributed by atoms with Gasteiger partial charge in [0, 0.05) is 6.42 Å². The van der Waals surface area contributed by atoms with Crippen LogP contribution in [0.3, 0.4) is 0 Å². The summed E-state index contributed by atoms with van der Waals surface area (Å²) in [5.41, 5.74) is -2.41. The topological polar surface area (TPSA) is 114 Å². The van der Waals surface area contributed by atoms with Gasteiger partial charge in [-0.3, -0.25) is 5.41 Å². The zero-order chi connectivity index (χ0) is 19.3. The monoisotopic (exact) mass is 358 g/mol. The molecule has 3 aliphatic rings. The van der Waals surface area contributed by atoms with Crippen LogP contribution in [0, 0.1) is 56.2 Å². The van der Waals surface area contributed by atoms with Gasteiger partial charge in [0.15, 0.2) is 5.41 Å². The van der Waals surface area contributed by atoms with E-state index in [4.69, 9.17) is 14.9 Å². The summed E-state index contributed by atoms with van der Waals surface area (Å²) in [7, 11) is 0. The Balaban J connectivity index is 1.88. The second-order valence-corrected chi connectivity index (χ2v) is 7.40. The van der Waals surface area contributed by atoms with Gasteiger partial charge < -0.3 is 9.47 Å². The van der Waals surface area contributed by atoms with E-state index in [0.717, 1.165) is 12.0 Å². The molecule has 2 saturated heterocycles. The van der Waals surface area contributed by atoms with Crippen molar-refractivity contribution < 1.29 is 9.47 Å². The Morgan fingerprint density at radius 3 is 2.44 bits per heavy atom. The summed E-state index contributed by atoms with van der Waals surface area (Å²) in [5, 5.41) is 38.5. The normalized spacial score (nSPS) is 38.4. The molecule has 134 valence electrons. The zero-order valence-corrected chi connectivity index (χ0v) is 14.7. The van der Waals surface area contributed by atoms with Crippen LogP contribution in [0.25, 0.3) is 0 Å². The van der Waals surface area contributed by atoms with Crippen LogP contribution in [0.15, 0.2) is 43.0 Å². The molecule has 4 rings (SSSR count). The van der Waals surface area contributed by atoms with E-state index in [-0.39, 0.29) is 11.8 Å². The summed E-state index contributed by atoms with van der Waals surface area (Å²) in [5.74, 6) is -1.92. The van der Waals surface area contributed by atoms with Crippen LogP contribution in [-0.2, 0) is 9.47 Å². The first kappa shape index (κ1) is 17.3. The number of hydrogen-bond acceptors (Lipinski definition) is 6. The van der Waals surface area contributed by atoms with Crippen molar-refractivity contribution in [2.45, 2.75) is 37.1 Å². The molecule has 0 radical (unpaired) electrons. The lowest BCUT2D eigenvalue weighted by Gasteiger charge is -2.52. The molecule has 0 aromatic heterocycles. The first-order chi connectivity index (χ1) is 13.0. The van der Waals surface area contributed by atoms with Crippen molar-refractivity contribution in [3.8, 4) is 18.2 Å². The zero-order valence-electron chi connectivity index (χ0n) is 14.7. The van der Waals surface area contributed by atoms with Gasteiger partial charge in [0.2, 0.25) is 17.1 Å². The molecule has 1 saturated carbocycles. The number of nitrogens with one attached hydrogen (secondary N) is 1. The highest BCUT2D eigenvalue weighted by atomic mass is 16.7. The van der Waals surface area contributed by atoms with Gasteiger partial charge in [-0.15, -0.1) is 6.58 Å².